The van der Waals surface area contributed by atoms with E-state index in [-0.39, 0.29) is 30.5 Å². The molecule has 27 heavy (non-hydrogen) atoms. The van der Waals surface area contributed by atoms with Gasteiger partial charge in [0.05, 0.1) is 36.6 Å². The summed E-state index contributed by atoms with van der Waals surface area (Å²) in [5.41, 5.74) is 2.70. The van der Waals surface area contributed by atoms with Crippen molar-refractivity contribution in [1.29, 1.82) is 0 Å². The SMILES string of the molecule is COc1ccc(C(NC(=O)Cn2cnc3ccccc32)C2CC(O)C2)cn1. The maximum absolute atomic E-state index is 12.7. The standard InChI is InChI=1S/C20H22N4O3/c1-27-19-7-6-13(10-21-19)20(14-8-15(25)9-14)23-18(26)11-24-12-22-16-4-2-3-5-17(16)24/h2-7,10,12,14-15,20,25H,8-9,11H2,1H3,(H,23,26). The Morgan fingerprint density at radius 1 is 1.30 bits per heavy atom. The number of aromatic nitrogens is 3. The van der Waals surface area contributed by atoms with Crippen molar-refractivity contribution in [3.05, 3.63) is 54.5 Å². The molecule has 0 bridgehead atoms. The second-order valence-electron chi connectivity index (χ2n) is 6.93. The van der Waals surface area contributed by atoms with E-state index in [9.17, 15) is 9.90 Å². The number of benzene rings is 1. The Morgan fingerprint density at radius 3 is 2.81 bits per heavy atom. The van der Waals surface area contributed by atoms with Crippen LogP contribution in [-0.4, -0.2) is 38.8 Å². The van der Waals surface area contributed by atoms with Crippen LogP contribution in [0.25, 0.3) is 11.0 Å². The minimum atomic E-state index is -0.293. The second-order valence-corrected chi connectivity index (χ2v) is 6.93. The van der Waals surface area contributed by atoms with Gasteiger partial charge in [-0.05, 0) is 36.5 Å². The number of methoxy groups -OCH3 is 1. The number of para-hydroxylation sites is 2. The van der Waals surface area contributed by atoms with Crippen LogP contribution in [0.15, 0.2) is 48.9 Å². The van der Waals surface area contributed by atoms with Gasteiger partial charge in [-0.25, -0.2) is 9.97 Å². The summed E-state index contributed by atoms with van der Waals surface area (Å²) in [6, 6.07) is 11.2. The van der Waals surface area contributed by atoms with Crippen molar-refractivity contribution >= 4 is 16.9 Å². The third kappa shape index (κ3) is 3.64. The van der Waals surface area contributed by atoms with Crippen molar-refractivity contribution in [2.45, 2.75) is 31.5 Å². The first kappa shape index (κ1) is 17.5. The summed E-state index contributed by atoms with van der Waals surface area (Å²) in [4.78, 5) is 21.3. The number of carbonyl (C=O) groups excluding carboxylic acids is 1. The van der Waals surface area contributed by atoms with Gasteiger partial charge in [-0.1, -0.05) is 18.2 Å². The number of imidazole rings is 1. The molecule has 1 atom stereocenters. The zero-order valence-electron chi connectivity index (χ0n) is 15.1. The quantitative estimate of drug-likeness (QED) is 0.697. The average Bonchev–Trinajstić information content (AvgIpc) is 3.07. The van der Waals surface area contributed by atoms with Crippen LogP contribution in [0.2, 0.25) is 0 Å². The molecule has 0 saturated heterocycles. The maximum atomic E-state index is 12.7. The number of hydrogen-bond donors (Lipinski definition) is 2. The number of pyridine rings is 1. The number of fused-ring (bicyclic) bond motifs is 1. The predicted octanol–water partition coefficient (Wildman–Crippen LogP) is 2.07. The molecule has 140 valence electrons. The summed E-state index contributed by atoms with van der Waals surface area (Å²) in [5.74, 6) is 0.626. The summed E-state index contributed by atoms with van der Waals surface area (Å²) >= 11 is 0. The molecule has 2 aromatic heterocycles. The van der Waals surface area contributed by atoms with E-state index in [1.807, 2.05) is 34.9 Å². The van der Waals surface area contributed by atoms with Crippen LogP contribution in [0, 0.1) is 5.92 Å². The van der Waals surface area contributed by atoms with Crippen LogP contribution >= 0.6 is 0 Å². The topological polar surface area (TPSA) is 89.3 Å². The third-order valence-corrected chi connectivity index (χ3v) is 5.11. The number of ether oxygens (including phenoxy) is 1. The molecule has 1 fully saturated rings. The van der Waals surface area contributed by atoms with Crippen LogP contribution in [0.4, 0.5) is 0 Å². The highest BCUT2D eigenvalue weighted by molar-refractivity contribution is 5.80. The van der Waals surface area contributed by atoms with E-state index in [4.69, 9.17) is 4.74 Å². The number of amides is 1. The fourth-order valence-electron chi connectivity index (χ4n) is 3.58. The second kappa shape index (κ2) is 7.36. The summed E-state index contributed by atoms with van der Waals surface area (Å²) in [7, 11) is 1.57. The van der Waals surface area contributed by atoms with E-state index in [0.717, 1.165) is 16.6 Å². The molecule has 1 aromatic carbocycles. The molecule has 7 nitrogen and oxygen atoms in total. The first-order chi connectivity index (χ1) is 13.1. The van der Waals surface area contributed by atoms with Gasteiger partial charge in [-0.2, -0.15) is 0 Å². The molecule has 4 rings (SSSR count). The Hall–Kier alpha value is -2.93. The smallest absolute Gasteiger partial charge is 0.240 e. The molecule has 1 unspecified atom stereocenters. The van der Waals surface area contributed by atoms with Gasteiger partial charge in [0.15, 0.2) is 0 Å². The van der Waals surface area contributed by atoms with Gasteiger partial charge in [-0.3, -0.25) is 4.79 Å². The molecule has 1 saturated carbocycles. The summed E-state index contributed by atoms with van der Waals surface area (Å²) in [6.07, 6.45) is 4.46. The number of aliphatic hydroxyl groups is 1. The summed E-state index contributed by atoms with van der Waals surface area (Å²) in [5, 5.41) is 12.8. The van der Waals surface area contributed by atoms with Crippen LogP contribution < -0.4 is 10.1 Å². The number of hydrogen-bond acceptors (Lipinski definition) is 5. The average molecular weight is 366 g/mol. The fraction of sp³-hybridized carbons (Fsp3) is 0.350. The van der Waals surface area contributed by atoms with Gasteiger partial charge in [0.25, 0.3) is 0 Å². The molecule has 1 amide bonds. The van der Waals surface area contributed by atoms with Crippen molar-refractivity contribution in [2.75, 3.05) is 7.11 Å². The Balaban J connectivity index is 1.51. The number of rotatable bonds is 6. The zero-order valence-corrected chi connectivity index (χ0v) is 15.1. The summed E-state index contributed by atoms with van der Waals surface area (Å²) in [6.45, 7) is 0.190. The van der Waals surface area contributed by atoms with Gasteiger partial charge in [-0.15, -0.1) is 0 Å². The molecule has 2 heterocycles. The predicted molar refractivity (Wildman–Crippen MR) is 100 cm³/mol. The van der Waals surface area contributed by atoms with Gasteiger partial charge >= 0.3 is 0 Å². The molecule has 0 aliphatic heterocycles. The molecule has 0 radical (unpaired) electrons. The number of nitrogens with zero attached hydrogens (tertiary/aromatic N) is 3. The van der Waals surface area contributed by atoms with Gasteiger partial charge in [0.1, 0.15) is 6.54 Å². The van der Waals surface area contributed by atoms with E-state index < -0.39 is 0 Å². The fourth-order valence-corrected chi connectivity index (χ4v) is 3.58. The molecule has 1 aliphatic carbocycles. The molecule has 7 heteroatoms. The van der Waals surface area contributed by atoms with E-state index in [1.54, 1.807) is 25.7 Å². The minimum Gasteiger partial charge on any atom is -0.481 e. The Labute approximate surface area is 157 Å². The van der Waals surface area contributed by atoms with Crippen molar-refractivity contribution in [3.8, 4) is 5.88 Å². The largest absolute Gasteiger partial charge is 0.481 e. The highest BCUT2D eigenvalue weighted by atomic mass is 16.5. The number of nitrogens with one attached hydrogen (secondary N) is 1. The maximum Gasteiger partial charge on any atom is 0.240 e. The Kier molecular flexibility index (Phi) is 4.77. The summed E-state index contributed by atoms with van der Waals surface area (Å²) < 4.78 is 6.95. The van der Waals surface area contributed by atoms with Crippen molar-refractivity contribution < 1.29 is 14.6 Å². The van der Waals surface area contributed by atoms with Crippen molar-refractivity contribution in [2.24, 2.45) is 5.92 Å². The zero-order chi connectivity index (χ0) is 18.8. The van der Waals surface area contributed by atoms with Crippen molar-refractivity contribution in [3.63, 3.8) is 0 Å². The normalized spacial score (nSPS) is 20.1. The molecular weight excluding hydrogens is 344 g/mol. The number of carbonyl (C=O) groups is 1. The molecule has 3 aromatic rings. The van der Waals surface area contributed by atoms with Crippen LogP contribution in [-0.2, 0) is 11.3 Å². The van der Waals surface area contributed by atoms with Crippen LogP contribution in [0.1, 0.15) is 24.4 Å². The lowest BCUT2D eigenvalue weighted by Crippen LogP contribution is -2.42. The first-order valence-corrected chi connectivity index (χ1v) is 9.01. The van der Waals surface area contributed by atoms with E-state index >= 15 is 0 Å². The molecule has 2 N–H and O–H groups in total. The monoisotopic (exact) mass is 366 g/mol. The lowest BCUT2D eigenvalue weighted by molar-refractivity contribution is -0.123. The van der Waals surface area contributed by atoms with Gasteiger partial charge in [0, 0.05) is 12.3 Å². The van der Waals surface area contributed by atoms with Gasteiger partial charge < -0.3 is 19.7 Å². The van der Waals surface area contributed by atoms with E-state index in [0.29, 0.717) is 18.7 Å². The van der Waals surface area contributed by atoms with Gasteiger partial charge in [0.2, 0.25) is 11.8 Å². The van der Waals surface area contributed by atoms with Crippen molar-refractivity contribution in [1.82, 2.24) is 19.9 Å². The van der Waals surface area contributed by atoms with Crippen LogP contribution in [0.5, 0.6) is 5.88 Å². The first-order valence-electron chi connectivity index (χ1n) is 9.01. The highest BCUT2D eigenvalue weighted by Gasteiger charge is 2.35. The van der Waals surface area contributed by atoms with E-state index in [1.165, 1.54) is 0 Å². The van der Waals surface area contributed by atoms with Crippen LogP contribution in [0.3, 0.4) is 0 Å². The Bertz CT molecular complexity index is 932. The third-order valence-electron chi connectivity index (χ3n) is 5.11. The molecule has 0 spiro atoms. The Morgan fingerprint density at radius 2 is 2.11 bits per heavy atom. The molecule has 1 aliphatic rings. The lowest BCUT2D eigenvalue weighted by Gasteiger charge is -2.38. The minimum absolute atomic E-state index is 0.0969. The highest BCUT2D eigenvalue weighted by Crippen LogP contribution is 2.38. The lowest BCUT2D eigenvalue weighted by atomic mass is 9.75. The molecular formula is C20H22N4O3. The number of aliphatic hydroxyl groups excluding tert-OH is 1. The van der Waals surface area contributed by atoms with E-state index in [2.05, 4.69) is 15.3 Å².